The molecule has 0 aliphatic carbocycles. The van der Waals surface area contributed by atoms with Gasteiger partial charge in [0, 0.05) is 56.5 Å². The van der Waals surface area contributed by atoms with Gasteiger partial charge in [-0.2, -0.15) is 0 Å². The van der Waals surface area contributed by atoms with Crippen LogP contribution < -0.4 is 10.2 Å². The number of alkyl halides is 2. The molecule has 0 atom stereocenters. The van der Waals surface area contributed by atoms with Crippen molar-refractivity contribution in [2.75, 3.05) is 18.0 Å². The van der Waals surface area contributed by atoms with E-state index in [2.05, 4.69) is 26.3 Å². The Hall–Kier alpha value is -3.88. The molecular formula is C25H24F2N6O. The number of fused-ring (bicyclic) bond motifs is 1. The van der Waals surface area contributed by atoms with E-state index in [-0.39, 0.29) is 31.8 Å². The first-order valence-electron chi connectivity index (χ1n) is 11.1. The average Bonchev–Trinajstić information content (AvgIpc) is 3.16. The highest BCUT2D eigenvalue weighted by atomic mass is 19.3. The van der Waals surface area contributed by atoms with E-state index in [1.54, 1.807) is 29.6 Å². The summed E-state index contributed by atoms with van der Waals surface area (Å²) in [6.07, 6.45) is 8.92. The minimum Gasteiger partial charge on any atom is -0.356 e. The Morgan fingerprint density at radius 2 is 1.97 bits per heavy atom. The molecule has 2 aliphatic rings. The van der Waals surface area contributed by atoms with E-state index in [1.165, 1.54) is 6.20 Å². The Morgan fingerprint density at radius 3 is 2.74 bits per heavy atom. The number of imidazole rings is 1. The number of rotatable bonds is 4. The summed E-state index contributed by atoms with van der Waals surface area (Å²) in [5.41, 5.74) is 4.57. The zero-order chi connectivity index (χ0) is 23.7. The number of halogens is 2. The number of benzene rings is 1. The fraction of sp³-hybridized carbons (Fsp3) is 0.280. The largest absolute Gasteiger partial charge is 0.356 e. The molecule has 0 radical (unpaired) electrons. The Morgan fingerprint density at radius 1 is 1.15 bits per heavy atom. The van der Waals surface area contributed by atoms with Gasteiger partial charge in [-0.3, -0.25) is 4.79 Å². The molecule has 1 N–H and O–H groups in total. The third kappa shape index (κ3) is 4.59. The molecule has 1 saturated heterocycles. The number of aryl methyl sites for hydroxylation is 1. The van der Waals surface area contributed by atoms with Gasteiger partial charge in [-0.1, -0.05) is 12.1 Å². The summed E-state index contributed by atoms with van der Waals surface area (Å²) >= 11 is 0. The zero-order valence-corrected chi connectivity index (χ0v) is 18.7. The van der Waals surface area contributed by atoms with Gasteiger partial charge in [-0.05, 0) is 41.8 Å². The highest BCUT2D eigenvalue weighted by molar-refractivity contribution is 5.96. The lowest BCUT2D eigenvalue weighted by Crippen LogP contribution is -2.39. The standard InChI is InChI=1S/C25H24F2N6O/c1-32-16-28-15-21(32)18-2-3-20-14-30-22(5-4-17(20)12-18)31-24(34)19-6-9-29-23(13-19)33-10-7-25(26,27)8-11-33/h2-3,5-6,9,12-16H,4,7-8,10-11H2,1H3,(H,31,34). The van der Waals surface area contributed by atoms with E-state index in [9.17, 15) is 13.6 Å². The van der Waals surface area contributed by atoms with Gasteiger partial charge >= 0.3 is 0 Å². The number of carbonyl (C=O) groups is 1. The van der Waals surface area contributed by atoms with Gasteiger partial charge in [0.25, 0.3) is 11.8 Å². The lowest BCUT2D eigenvalue weighted by atomic mass is 10.0. The first-order valence-corrected chi connectivity index (χ1v) is 11.1. The Balaban J connectivity index is 1.29. The summed E-state index contributed by atoms with van der Waals surface area (Å²) in [4.78, 5) is 27.6. The Bertz CT molecular complexity index is 1290. The number of anilines is 1. The van der Waals surface area contributed by atoms with Gasteiger partial charge in [-0.15, -0.1) is 0 Å². The maximum atomic E-state index is 13.5. The number of pyridine rings is 1. The highest BCUT2D eigenvalue weighted by Crippen LogP contribution is 2.30. The van der Waals surface area contributed by atoms with Crippen LogP contribution >= 0.6 is 0 Å². The van der Waals surface area contributed by atoms with Crippen LogP contribution in [0.4, 0.5) is 14.6 Å². The van der Waals surface area contributed by atoms with Crippen LogP contribution in [0.1, 0.15) is 34.3 Å². The zero-order valence-electron chi connectivity index (χ0n) is 18.7. The summed E-state index contributed by atoms with van der Waals surface area (Å²) in [6, 6.07) is 9.39. The van der Waals surface area contributed by atoms with Crippen molar-refractivity contribution >= 4 is 17.9 Å². The third-order valence-electron chi connectivity index (χ3n) is 6.18. The van der Waals surface area contributed by atoms with Crippen LogP contribution in [0.25, 0.3) is 11.3 Å². The molecule has 4 heterocycles. The number of amides is 1. The summed E-state index contributed by atoms with van der Waals surface area (Å²) < 4.78 is 28.9. The van der Waals surface area contributed by atoms with Crippen LogP contribution in [0, 0.1) is 0 Å². The molecule has 0 bridgehead atoms. The van der Waals surface area contributed by atoms with Crippen molar-refractivity contribution in [1.82, 2.24) is 19.9 Å². The number of hydrogen-bond donors (Lipinski definition) is 1. The molecule has 174 valence electrons. The number of nitrogens with zero attached hydrogens (tertiary/aromatic N) is 5. The Kier molecular flexibility index (Phi) is 5.69. The predicted molar refractivity (Wildman–Crippen MR) is 126 cm³/mol. The van der Waals surface area contributed by atoms with Crippen molar-refractivity contribution in [3.63, 3.8) is 0 Å². The monoisotopic (exact) mass is 462 g/mol. The van der Waals surface area contributed by atoms with E-state index in [0.717, 1.165) is 22.4 Å². The van der Waals surface area contributed by atoms with Gasteiger partial charge in [0.1, 0.15) is 11.6 Å². The molecule has 9 heteroatoms. The van der Waals surface area contributed by atoms with Crippen molar-refractivity contribution in [2.45, 2.75) is 25.2 Å². The third-order valence-corrected chi connectivity index (χ3v) is 6.18. The molecule has 2 aliphatic heterocycles. The molecule has 1 aromatic carbocycles. The normalized spacial score (nSPS) is 17.0. The minimum absolute atomic E-state index is 0.208. The predicted octanol–water partition coefficient (Wildman–Crippen LogP) is 3.96. The SMILES string of the molecule is Cn1cncc1-c1ccc2c(c1)CC=C(NC(=O)c1ccnc(N3CCC(F)(F)CC3)c1)N=C2. The van der Waals surface area contributed by atoms with Crippen molar-refractivity contribution in [1.29, 1.82) is 0 Å². The van der Waals surface area contributed by atoms with E-state index < -0.39 is 5.92 Å². The lowest BCUT2D eigenvalue weighted by Gasteiger charge is -2.32. The van der Waals surface area contributed by atoms with Crippen LogP contribution in [-0.2, 0) is 13.5 Å². The average molecular weight is 463 g/mol. The fourth-order valence-corrected chi connectivity index (χ4v) is 4.17. The highest BCUT2D eigenvalue weighted by Gasteiger charge is 2.34. The van der Waals surface area contributed by atoms with Gasteiger partial charge in [-0.25, -0.2) is 23.7 Å². The van der Waals surface area contributed by atoms with E-state index in [1.807, 2.05) is 36.0 Å². The number of carbonyl (C=O) groups excluding carboxylic acids is 1. The molecule has 0 spiro atoms. The van der Waals surface area contributed by atoms with Crippen molar-refractivity contribution in [2.24, 2.45) is 12.0 Å². The summed E-state index contributed by atoms with van der Waals surface area (Å²) in [5.74, 6) is -1.97. The second kappa shape index (κ2) is 8.81. The first-order chi connectivity index (χ1) is 16.4. The molecule has 1 fully saturated rings. The maximum Gasteiger partial charge on any atom is 0.256 e. The van der Waals surface area contributed by atoms with Crippen molar-refractivity contribution < 1.29 is 13.6 Å². The van der Waals surface area contributed by atoms with Crippen LogP contribution in [0.2, 0.25) is 0 Å². The smallest absolute Gasteiger partial charge is 0.256 e. The quantitative estimate of drug-likeness (QED) is 0.637. The first kappa shape index (κ1) is 21.9. The van der Waals surface area contributed by atoms with Gasteiger partial charge in [0.15, 0.2) is 0 Å². The van der Waals surface area contributed by atoms with Gasteiger partial charge in [0.05, 0.1) is 18.2 Å². The number of hydrogen-bond acceptors (Lipinski definition) is 5. The van der Waals surface area contributed by atoms with E-state index >= 15 is 0 Å². The second-order valence-corrected chi connectivity index (χ2v) is 8.55. The number of piperidine rings is 1. The van der Waals surface area contributed by atoms with Crippen molar-refractivity contribution in [3.05, 3.63) is 77.6 Å². The molecule has 2 aromatic heterocycles. The van der Waals surface area contributed by atoms with Gasteiger partial charge in [0.2, 0.25) is 0 Å². The number of nitrogens with one attached hydrogen (secondary N) is 1. The number of aromatic nitrogens is 3. The fourth-order valence-electron chi connectivity index (χ4n) is 4.17. The Labute approximate surface area is 195 Å². The van der Waals surface area contributed by atoms with Crippen LogP contribution in [-0.4, -0.2) is 45.7 Å². The van der Waals surface area contributed by atoms with E-state index in [4.69, 9.17) is 0 Å². The van der Waals surface area contributed by atoms with E-state index in [0.29, 0.717) is 23.6 Å². The molecule has 5 rings (SSSR count). The topological polar surface area (TPSA) is 75.4 Å². The molecular weight excluding hydrogens is 438 g/mol. The second-order valence-electron chi connectivity index (χ2n) is 8.55. The molecule has 34 heavy (non-hydrogen) atoms. The van der Waals surface area contributed by atoms with Gasteiger partial charge < -0.3 is 14.8 Å². The maximum absolute atomic E-state index is 13.5. The van der Waals surface area contributed by atoms with Crippen molar-refractivity contribution in [3.8, 4) is 11.3 Å². The molecule has 0 saturated carbocycles. The molecule has 0 unspecified atom stereocenters. The molecule has 1 amide bonds. The van der Waals surface area contributed by atoms with Crippen LogP contribution in [0.5, 0.6) is 0 Å². The summed E-state index contributed by atoms with van der Waals surface area (Å²) in [5, 5.41) is 2.85. The summed E-state index contributed by atoms with van der Waals surface area (Å²) in [7, 11) is 1.95. The van der Waals surface area contributed by atoms with Crippen LogP contribution in [0.3, 0.4) is 0 Å². The number of aliphatic imine (C=N–C) groups is 1. The molecule has 3 aromatic rings. The number of allylic oxidation sites excluding steroid dienone is 1. The lowest BCUT2D eigenvalue weighted by molar-refractivity contribution is -0.0221. The minimum atomic E-state index is -2.63. The molecule has 7 nitrogen and oxygen atoms in total. The van der Waals surface area contributed by atoms with Crippen LogP contribution in [0.15, 0.2) is 65.9 Å². The summed E-state index contributed by atoms with van der Waals surface area (Å²) in [6.45, 7) is 0.416.